The highest BCUT2D eigenvalue weighted by molar-refractivity contribution is 5.49. The van der Waals surface area contributed by atoms with Gasteiger partial charge in [-0.2, -0.15) is 0 Å². The van der Waals surface area contributed by atoms with Crippen molar-refractivity contribution in [1.82, 2.24) is 15.0 Å². The summed E-state index contributed by atoms with van der Waals surface area (Å²) in [6, 6.07) is 3.57. The molecule has 2 aromatic rings. The van der Waals surface area contributed by atoms with Crippen molar-refractivity contribution in [3.63, 3.8) is 0 Å². The van der Waals surface area contributed by atoms with Crippen molar-refractivity contribution < 1.29 is 4.92 Å². The van der Waals surface area contributed by atoms with Crippen LogP contribution in [0.3, 0.4) is 0 Å². The molecule has 114 valence electrons. The second-order valence-electron chi connectivity index (χ2n) is 5.11. The summed E-state index contributed by atoms with van der Waals surface area (Å²) < 4.78 is 0. The lowest BCUT2D eigenvalue weighted by Gasteiger charge is -2.35. The largest absolute Gasteiger partial charge is 0.353 e. The Morgan fingerprint density at radius 3 is 2.32 bits per heavy atom. The van der Waals surface area contributed by atoms with E-state index >= 15 is 0 Å². The van der Waals surface area contributed by atoms with E-state index in [1.165, 1.54) is 6.20 Å². The van der Waals surface area contributed by atoms with Crippen molar-refractivity contribution in [2.24, 2.45) is 0 Å². The van der Waals surface area contributed by atoms with Gasteiger partial charge in [0.05, 0.1) is 4.92 Å². The van der Waals surface area contributed by atoms with Crippen molar-refractivity contribution in [1.29, 1.82) is 0 Å². The second kappa shape index (κ2) is 5.92. The lowest BCUT2D eigenvalue weighted by molar-refractivity contribution is -0.385. The molecule has 0 radical (unpaired) electrons. The Morgan fingerprint density at radius 2 is 1.73 bits per heavy atom. The van der Waals surface area contributed by atoms with Crippen LogP contribution in [0, 0.1) is 17.0 Å². The van der Waals surface area contributed by atoms with Gasteiger partial charge in [-0.25, -0.2) is 15.0 Å². The van der Waals surface area contributed by atoms with Crippen LogP contribution < -0.4 is 9.80 Å². The monoisotopic (exact) mass is 300 g/mol. The number of rotatable bonds is 3. The summed E-state index contributed by atoms with van der Waals surface area (Å²) >= 11 is 0. The Kier molecular flexibility index (Phi) is 3.82. The molecule has 0 atom stereocenters. The molecule has 3 rings (SSSR count). The van der Waals surface area contributed by atoms with Gasteiger partial charge in [-0.05, 0) is 19.1 Å². The van der Waals surface area contributed by atoms with Crippen LogP contribution >= 0.6 is 0 Å². The first-order valence-corrected chi connectivity index (χ1v) is 7.03. The summed E-state index contributed by atoms with van der Waals surface area (Å²) in [4.78, 5) is 27.4. The lowest BCUT2D eigenvalue weighted by Crippen LogP contribution is -2.47. The normalized spacial score (nSPS) is 15.0. The molecule has 0 amide bonds. The summed E-state index contributed by atoms with van der Waals surface area (Å²) in [6.07, 6.45) is 4.79. The molecule has 0 aliphatic carbocycles. The molecule has 3 heterocycles. The van der Waals surface area contributed by atoms with E-state index in [9.17, 15) is 10.1 Å². The van der Waals surface area contributed by atoms with Crippen molar-refractivity contribution in [2.75, 3.05) is 36.0 Å². The predicted molar refractivity (Wildman–Crippen MR) is 82.1 cm³/mol. The van der Waals surface area contributed by atoms with Crippen LogP contribution in [0.15, 0.2) is 30.7 Å². The van der Waals surface area contributed by atoms with Gasteiger partial charge in [0, 0.05) is 44.1 Å². The van der Waals surface area contributed by atoms with Crippen LogP contribution in [-0.2, 0) is 0 Å². The number of aromatic nitrogens is 3. The summed E-state index contributed by atoms with van der Waals surface area (Å²) in [5, 5.41) is 10.8. The smallest absolute Gasteiger partial charge is 0.290 e. The molecule has 22 heavy (non-hydrogen) atoms. The van der Waals surface area contributed by atoms with E-state index in [0.717, 1.165) is 37.9 Å². The minimum atomic E-state index is -0.406. The number of pyridine rings is 1. The molecule has 0 bridgehead atoms. The fraction of sp³-hybridized carbons (Fsp3) is 0.357. The standard InChI is InChI=1S/C14H16N6O2/c1-11-9-13(17-10-12(11)20(21)22)18-5-7-19(8-6-18)14-15-3-2-4-16-14/h2-4,9-10H,5-8H2,1H3. The van der Waals surface area contributed by atoms with Crippen molar-refractivity contribution in [3.05, 3.63) is 46.4 Å². The highest BCUT2D eigenvalue weighted by Gasteiger charge is 2.21. The number of aryl methyl sites for hydroxylation is 1. The number of piperazine rings is 1. The minimum Gasteiger partial charge on any atom is -0.353 e. The van der Waals surface area contributed by atoms with Crippen molar-refractivity contribution >= 4 is 17.5 Å². The quantitative estimate of drug-likeness (QED) is 0.625. The Labute approximate surface area is 127 Å². The molecule has 8 nitrogen and oxygen atoms in total. The van der Waals surface area contributed by atoms with Crippen LogP contribution in [0.5, 0.6) is 0 Å². The number of nitro groups is 1. The van der Waals surface area contributed by atoms with Gasteiger partial charge in [-0.15, -0.1) is 0 Å². The molecule has 0 unspecified atom stereocenters. The summed E-state index contributed by atoms with van der Waals surface area (Å²) in [6.45, 7) is 4.88. The third-order valence-electron chi connectivity index (χ3n) is 3.70. The third-order valence-corrected chi connectivity index (χ3v) is 3.70. The summed E-state index contributed by atoms with van der Waals surface area (Å²) in [5.41, 5.74) is 0.684. The predicted octanol–water partition coefficient (Wildman–Crippen LogP) is 1.41. The van der Waals surface area contributed by atoms with E-state index in [-0.39, 0.29) is 5.69 Å². The molecule has 1 aliphatic rings. The fourth-order valence-corrected chi connectivity index (χ4v) is 2.49. The van der Waals surface area contributed by atoms with Crippen LogP contribution in [0.1, 0.15) is 5.56 Å². The van der Waals surface area contributed by atoms with Crippen LogP contribution in [0.4, 0.5) is 17.5 Å². The Hall–Kier alpha value is -2.77. The Bertz CT molecular complexity index is 670. The zero-order chi connectivity index (χ0) is 15.5. The molecular formula is C14H16N6O2. The average molecular weight is 300 g/mol. The molecule has 0 N–H and O–H groups in total. The van der Waals surface area contributed by atoms with Gasteiger partial charge >= 0.3 is 0 Å². The topological polar surface area (TPSA) is 88.3 Å². The molecule has 2 aromatic heterocycles. The van der Waals surface area contributed by atoms with Gasteiger partial charge in [-0.1, -0.05) is 0 Å². The highest BCUT2D eigenvalue weighted by atomic mass is 16.6. The van der Waals surface area contributed by atoms with E-state index < -0.39 is 4.92 Å². The SMILES string of the molecule is Cc1cc(N2CCN(c3ncccn3)CC2)ncc1[N+](=O)[O-]. The third kappa shape index (κ3) is 2.80. The maximum absolute atomic E-state index is 10.8. The first kappa shape index (κ1) is 14.2. The number of anilines is 2. The first-order valence-electron chi connectivity index (χ1n) is 7.03. The van der Waals surface area contributed by atoms with Crippen LogP contribution in [0.25, 0.3) is 0 Å². The van der Waals surface area contributed by atoms with Gasteiger partial charge in [0.25, 0.3) is 5.69 Å². The summed E-state index contributed by atoms with van der Waals surface area (Å²) in [7, 11) is 0. The van der Waals surface area contributed by atoms with Crippen molar-refractivity contribution in [2.45, 2.75) is 6.92 Å². The maximum atomic E-state index is 10.8. The van der Waals surface area contributed by atoms with Gasteiger partial charge in [0.2, 0.25) is 5.95 Å². The number of hydrogen-bond acceptors (Lipinski definition) is 7. The second-order valence-corrected chi connectivity index (χ2v) is 5.11. The fourth-order valence-electron chi connectivity index (χ4n) is 2.49. The molecule has 0 saturated carbocycles. The van der Waals surface area contributed by atoms with Crippen molar-refractivity contribution in [3.8, 4) is 0 Å². The summed E-state index contributed by atoms with van der Waals surface area (Å²) in [5.74, 6) is 1.51. The molecule has 0 aromatic carbocycles. The van der Waals surface area contributed by atoms with Gasteiger partial charge in [0.15, 0.2) is 0 Å². The minimum absolute atomic E-state index is 0.0556. The van der Waals surface area contributed by atoms with E-state index in [0.29, 0.717) is 5.56 Å². The number of hydrogen-bond donors (Lipinski definition) is 0. The zero-order valence-electron chi connectivity index (χ0n) is 12.2. The highest BCUT2D eigenvalue weighted by Crippen LogP contribution is 2.22. The molecule has 1 aliphatic heterocycles. The van der Waals surface area contributed by atoms with E-state index in [4.69, 9.17) is 0 Å². The molecule has 1 fully saturated rings. The zero-order valence-corrected chi connectivity index (χ0v) is 12.2. The van der Waals surface area contributed by atoms with Gasteiger partial charge in [-0.3, -0.25) is 10.1 Å². The lowest BCUT2D eigenvalue weighted by atomic mass is 10.2. The van der Waals surface area contributed by atoms with Crippen LogP contribution in [-0.4, -0.2) is 46.1 Å². The van der Waals surface area contributed by atoms with Gasteiger partial charge < -0.3 is 9.80 Å². The molecule has 0 spiro atoms. The Morgan fingerprint density at radius 1 is 1.09 bits per heavy atom. The molecular weight excluding hydrogens is 284 g/mol. The van der Waals surface area contributed by atoms with E-state index in [1.807, 2.05) is 0 Å². The maximum Gasteiger partial charge on any atom is 0.290 e. The number of nitrogens with zero attached hydrogens (tertiary/aromatic N) is 6. The van der Waals surface area contributed by atoms with Gasteiger partial charge in [0.1, 0.15) is 12.0 Å². The Balaban J connectivity index is 1.69. The van der Waals surface area contributed by atoms with E-state index in [1.54, 1.807) is 31.5 Å². The first-order chi connectivity index (χ1) is 10.6. The molecule has 8 heteroatoms. The molecule has 1 saturated heterocycles. The average Bonchev–Trinajstić information content (AvgIpc) is 2.55. The van der Waals surface area contributed by atoms with Crippen LogP contribution in [0.2, 0.25) is 0 Å². The van der Waals surface area contributed by atoms with E-state index in [2.05, 4.69) is 24.8 Å².